The number of imidazole rings is 1. The van der Waals surface area contributed by atoms with Crippen LogP contribution in [0.15, 0.2) is 22.8 Å². The normalized spacial score (nSPS) is 16.4. The number of pyridine rings is 1. The van der Waals surface area contributed by atoms with Crippen LogP contribution in [0.1, 0.15) is 24.5 Å². The molecule has 0 spiro atoms. The molecule has 2 N–H and O–H groups in total. The lowest BCUT2D eigenvalue weighted by molar-refractivity contribution is 1.06. The van der Waals surface area contributed by atoms with Crippen molar-refractivity contribution in [1.82, 2.24) is 9.38 Å². The summed E-state index contributed by atoms with van der Waals surface area (Å²) in [7, 11) is 0. The van der Waals surface area contributed by atoms with Gasteiger partial charge < -0.3 is 5.73 Å². The minimum Gasteiger partial charge on any atom is -0.383 e. The molecule has 0 saturated heterocycles. The maximum atomic E-state index is 6.03. The fourth-order valence-electron chi connectivity index (χ4n) is 1.71. The third-order valence-electron chi connectivity index (χ3n) is 2.61. The van der Waals surface area contributed by atoms with Gasteiger partial charge in [-0.3, -0.25) is 4.40 Å². The molecule has 0 atom stereocenters. The van der Waals surface area contributed by atoms with Gasteiger partial charge in [0, 0.05) is 16.6 Å². The zero-order valence-electron chi connectivity index (χ0n) is 7.57. The minimum absolute atomic E-state index is 0.605. The Labute approximate surface area is 90.1 Å². The van der Waals surface area contributed by atoms with Crippen molar-refractivity contribution in [3.05, 3.63) is 28.5 Å². The quantitative estimate of drug-likeness (QED) is 0.847. The van der Waals surface area contributed by atoms with Crippen LogP contribution in [0.25, 0.3) is 5.65 Å². The summed E-state index contributed by atoms with van der Waals surface area (Å²) in [5.41, 5.74) is 8.04. The van der Waals surface area contributed by atoms with E-state index in [0.29, 0.717) is 5.92 Å². The van der Waals surface area contributed by atoms with Gasteiger partial charge in [-0.25, -0.2) is 4.98 Å². The van der Waals surface area contributed by atoms with Gasteiger partial charge in [0.2, 0.25) is 0 Å². The van der Waals surface area contributed by atoms with E-state index in [-0.39, 0.29) is 0 Å². The summed E-state index contributed by atoms with van der Waals surface area (Å²) in [5.74, 6) is 1.40. The van der Waals surface area contributed by atoms with Crippen LogP contribution in [0.3, 0.4) is 0 Å². The van der Waals surface area contributed by atoms with Crippen molar-refractivity contribution >= 4 is 27.4 Å². The van der Waals surface area contributed by atoms with Crippen molar-refractivity contribution in [2.75, 3.05) is 5.73 Å². The van der Waals surface area contributed by atoms with Crippen LogP contribution in [-0.4, -0.2) is 9.38 Å². The topological polar surface area (TPSA) is 43.3 Å². The SMILES string of the molecule is Nc1c(C2CC2)nc2ccc(Br)cn12. The average Bonchev–Trinajstić information content (AvgIpc) is 2.95. The summed E-state index contributed by atoms with van der Waals surface area (Å²) >= 11 is 3.42. The van der Waals surface area contributed by atoms with E-state index in [1.165, 1.54) is 12.8 Å². The molecular formula is C10H10BrN3. The highest BCUT2D eigenvalue weighted by Crippen LogP contribution is 2.42. The fourth-order valence-corrected chi connectivity index (χ4v) is 2.05. The highest BCUT2D eigenvalue weighted by molar-refractivity contribution is 9.10. The summed E-state index contributed by atoms with van der Waals surface area (Å²) in [6.07, 6.45) is 4.42. The standard InChI is InChI=1S/C10H10BrN3/c11-7-3-4-8-13-9(6-1-2-6)10(12)14(8)5-7/h3-6H,1-2,12H2. The van der Waals surface area contributed by atoms with Crippen LogP contribution in [0.4, 0.5) is 5.82 Å². The summed E-state index contributed by atoms with van der Waals surface area (Å²) in [6, 6.07) is 3.96. The van der Waals surface area contributed by atoms with E-state index in [9.17, 15) is 0 Å². The molecule has 4 heteroatoms. The van der Waals surface area contributed by atoms with Crippen LogP contribution in [0, 0.1) is 0 Å². The van der Waals surface area contributed by atoms with Gasteiger partial charge in [-0.2, -0.15) is 0 Å². The molecule has 2 aromatic heterocycles. The number of rotatable bonds is 1. The molecule has 2 heterocycles. The maximum Gasteiger partial charge on any atom is 0.138 e. The third kappa shape index (κ3) is 1.14. The third-order valence-corrected chi connectivity index (χ3v) is 3.08. The van der Waals surface area contributed by atoms with Crippen molar-refractivity contribution in [3.8, 4) is 0 Å². The smallest absolute Gasteiger partial charge is 0.138 e. The molecule has 2 aromatic rings. The second-order valence-corrected chi connectivity index (χ2v) is 4.65. The number of hydrogen-bond acceptors (Lipinski definition) is 2. The van der Waals surface area contributed by atoms with Gasteiger partial charge >= 0.3 is 0 Å². The first-order chi connectivity index (χ1) is 6.75. The predicted octanol–water partition coefficient (Wildman–Crippen LogP) is 2.56. The molecule has 0 aliphatic heterocycles. The van der Waals surface area contributed by atoms with E-state index >= 15 is 0 Å². The van der Waals surface area contributed by atoms with Crippen LogP contribution in [0.2, 0.25) is 0 Å². The summed E-state index contributed by atoms with van der Waals surface area (Å²) in [4.78, 5) is 4.53. The number of halogens is 1. The predicted molar refractivity (Wildman–Crippen MR) is 59.3 cm³/mol. The first-order valence-electron chi connectivity index (χ1n) is 4.68. The Morgan fingerprint density at radius 2 is 2.21 bits per heavy atom. The highest BCUT2D eigenvalue weighted by Gasteiger charge is 2.29. The Morgan fingerprint density at radius 1 is 1.43 bits per heavy atom. The molecule has 1 aliphatic rings. The van der Waals surface area contributed by atoms with Gasteiger partial charge in [-0.15, -0.1) is 0 Å². The van der Waals surface area contributed by atoms with E-state index in [1.54, 1.807) is 0 Å². The second kappa shape index (κ2) is 2.73. The lowest BCUT2D eigenvalue weighted by Gasteiger charge is -1.97. The fraction of sp³-hybridized carbons (Fsp3) is 0.300. The molecule has 3 rings (SSSR count). The maximum absolute atomic E-state index is 6.03. The molecule has 14 heavy (non-hydrogen) atoms. The van der Waals surface area contributed by atoms with Crippen LogP contribution < -0.4 is 5.73 Å². The lowest BCUT2D eigenvalue weighted by atomic mass is 10.3. The Balaban J connectivity index is 2.29. The lowest BCUT2D eigenvalue weighted by Crippen LogP contribution is -1.94. The van der Waals surface area contributed by atoms with E-state index < -0.39 is 0 Å². The Hall–Kier alpha value is -1.03. The number of anilines is 1. The molecule has 0 radical (unpaired) electrons. The zero-order valence-corrected chi connectivity index (χ0v) is 9.16. The van der Waals surface area contributed by atoms with Gasteiger partial charge in [0.05, 0.1) is 5.69 Å². The van der Waals surface area contributed by atoms with Gasteiger partial charge in [0.15, 0.2) is 0 Å². The molecule has 1 aliphatic carbocycles. The zero-order chi connectivity index (χ0) is 9.71. The van der Waals surface area contributed by atoms with E-state index in [2.05, 4.69) is 20.9 Å². The summed E-state index contributed by atoms with van der Waals surface area (Å²) < 4.78 is 2.97. The molecule has 0 bridgehead atoms. The Bertz CT molecular complexity index is 499. The molecule has 1 saturated carbocycles. The van der Waals surface area contributed by atoms with Crippen molar-refractivity contribution < 1.29 is 0 Å². The van der Waals surface area contributed by atoms with Crippen molar-refractivity contribution in [3.63, 3.8) is 0 Å². The van der Waals surface area contributed by atoms with Gasteiger partial charge in [-0.05, 0) is 40.9 Å². The van der Waals surface area contributed by atoms with Crippen molar-refractivity contribution in [2.24, 2.45) is 0 Å². The molecule has 1 fully saturated rings. The van der Waals surface area contributed by atoms with Gasteiger partial charge in [-0.1, -0.05) is 0 Å². The number of nitrogen functional groups attached to an aromatic ring is 1. The largest absolute Gasteiger partial charge is 0.383 e. The number of nitrogens with zero attached hydrogens (tertiary/aromatic N) is 2. The monoisotopic (exact) mass is 251 g/mol. The van der Waals surface area contributed by atoms with Gasteiger partial charge in [0.1, 0.15) is 11.5 Å². The molecule has 72 valence electrons. The highest BCUT2D eigenvalue weighted by atomic mass is 79.9. The number of fused-ring (bicyclic) bond motifs is 1. The number of aromatic nitrogens is 2. The van der Waals surface area contributed by atoms with Crippen LogP contribution in [-0.2, 0) is 0 Å². The molecule has 0 amide bonds. The van der Waals surface area contributed by atoms with E-state index in [0.717, 1.165) is 21.6 Å². The first-order valence-corrected chi connectivity index (χ1v) is 5.48. The average molecular weight is 252 g/mol. The van der Waals surface area contributed by atoms with Crippen molar-refractivity contribution in [1.29, 1.82) is 0 Å². The summed E-state index contributed by atoms with van der Waals surface area (Å²) in [6.45, 7) is 0. The van der Waals surface area contributed by atoms with Crippen molar-refractivity contribution in [2.45, 2.75) is 18.8 Å². The Kier molecular flexibility index (Phi) is 1.62. The van der Waals surface area contributed by atoms with Crippen LogP contribution in [0.5, 0.6) is 0 Å². The minimum atomic E-state index is 0.605. The van der Waals surface area contributed by atoms with Crippen LogP contribution >= 0.6 is 15.9 Å². The number of hydrogen-bond donors (Lipinski definition) is 1. The molecule has 3 nitrogen and oxygen atoms in total. The molecule has 0 aromatic carbocycles. The van der Waals surface area contributed by atoms with E-state index in [4.69, 9.17) is 5.73 Å². The Morgan fingerprint density at radius 3 is 2.93 bits per heavy atom. The molecule has 0 unspecified atom stereocenters. The van der Waals surface area contributed by atoms with Gasteiger partial charge in [0.25, 0.3) is 0 Å². The number of nitrogens with two attached hydrogens (primary N) is 1. The van der Waals surface area contributed by atoms with E-state index in [1.807, 2.05) is 22.7 Å². The molecular weight excluding hydrogens is 242 g/mol. The second-order valence-electron chi connectivity index (χ2n) is 3.73. The first kappa shape index (κ1) is 8.29. The summed E-state index contributed by atoms with van der Waals surface area (Å²) in [5, 5.41) is 0.